The van der Waals surface area contributed by atoms with Crippen LogP contribution in [0.25, 0.3) is 0 Å². The van der Waals surface area contributed by atoms with Crippen LogP contribution in [-0.2, 0) is 0 Å². The van der Waals surface area contributed by atoms with E-state index in [1.807, 2.05) is 12.1 Å². The largest absolute Gasteiger partial charge is 0.399 e. The maximum Gasteiger partial charge on any atom is 0.0414 e. The third-order valence-electron chi connectivity index (χ3n) is 4.82. The Hall–Kier alpha value is -1.96. The maximum atomic E-state index is 5.85. The van der Waals surface area contributed by atoms with Gasteiger partial charge in [-0.15, -0.1) is 0 Å². The average molecular weight is 310 g/mol. The van der Waals surface area contributed by atoms with E-state index in [2.05, 4.69) is 75.1 Å². The highest BCUT2D eigenvalue weighted by Crippen LogP contribution is 2.31. The van der Waals surface area contributed by atoms with Crippen LogP contribution < -0.4 is 10.6 Å². The van der Waals surface area contributed by atoms with Gasteiger partial charge in [0.25, 0.3) is 0 Å². The fourth-order valence-corrected chi connectivity index (χ4v) is 2.85. The molecule has 23 heavy (non-hydrogen) atoms. The fraction of sp³-hybridized carbons (Fsp3) is 0.429. The van der Waals surface area contributed by atoms with Crippen molar-refractivity contribution in [3.05, 3.63) is 54.6 Å². The van der Waals surface area contributed by atoms with Crippen LogP contribution >= 0.6 is 0 Å². The first-order valence-electron chi connectivity index (χ1n) is 8.69. The monoisotopic (exact) mass is 310 g/mol. The van der Waals surface area contributed by atoms with Gasteiger partial charge in [0.15, 0.2) is 0 Å². The molecule has 0 saturated heterocycles. The first-order chi connectivity index (χ1) is 11.0. The molecule has 0 bridgehead atoms. The predicted octanol–water partition coefficient (Wildman–Crippen LogP) is 5.87. The minimum atomic E-state index is 0.447. The Labute approximate surface area is 141 Å². The molecule has 0 aliphatic rings. The zero-order chi connectivity index (χ0) is 16.8. The zero-order valence-corrected chi connectivity index (χ0v) is 14.9. The quantitative estimate of drug-likeness (QED) is 0.648. The highest BCUT2D eigenvalue weighted by Gasteiger charge is 2.18. The number of anilines is 3. The molecule has 0 spiro atoms. The number of nitrogens with zero attached hydrogens (tertiary/aromatic N) is 1. The van der Waals surface area contributed by atoms with Gasteiger partial charge in [-0.1, -0.05) is 39.0 Å². The van der Waals surface area contributed by atoms with Crippen molar-refractivity contribution >= 4 is 17.1 Å². The Morgan fingerprint density at radius 1 is 0.783 bits per heavy atom. The number of nitrogen functional groups attached to an aromatic ring is 1. The molecule has 2 aromatic rings. The Morgan fingerprint density at radius 3 is 1.91 bits per heavy atom. The zero-order valence-electron chi connectivity index (χ0n) is 14.9. The van der Waals surface area contributed by atoms with Crippen molar-refractivity contribution < 1.29 is 0 Å². The molecule has 2 N–H and O–H groups in total. The van der Waals surface area contributed by atoms with Gasteiger partial charge in [-0.3, -0.25) is 0 Å². The average Bonchev–Trinajstić information content (AvgIpc) is 2.55. The van der Waals surface area contributed by atoms with Crippen molar-refractivity contribution in [1.29, 1.82) is 0 Å². The van der Waals surface area contributed by atoms with Gasteiger partial charge in [-0.2, -0.15) is 0 Å². The summed E-state index contributed by atoms with van der Waals surface area (Å²) in [4.78, 5) is 2.42. The van der Waals surface area contributed by atoms with E-state index in [1.165, 1.54) is 24.2 Å². The molecule has 0 saturated carbocycles. The number of benzene rings is 2. The molecule has 0 amide bonds. The lowest BCUT2D eigenvalue weighted by atomic mass is 9.91. The van der Waals surface area contributed by atoms with Crippen LogP contribution in [0.3, 0.4) is 0 Å². The van der Waals surface area contributed by atoms with Crippen LogP contribution in [0, 0.1) is 11.8 Å². The highest BCUT2D eigenvalue weighted by atomic mass is 15.2. The summed E-state index contributed by atoms with van der Waals surface area (Å²) in [6, 6.07) is 19.3. The van der Waals surface area contributed by atoms with Gasteiger partial charge in [0.2, 0.25) is 0 Å². The van der Waals surface area contributed by atoms with E-state index >= 15 is 0 Å². The molecule has 2 nitrogen and oxygen atoms in total. The van der Waals surface area contributed by atoms with Gasteiger partial charge in [0, 0.05) is 23.1 Å². The summed E-state index contributed by atoms with van der Waals surface area (Å²) in [7, 11) is 0. The summed E-state index contributed by atoms with van der Waals surface area (Å²) in [5.41, 5.74) is 9.10. The number of hydrogen-bond donors (Lipinski definition) is 1. The van der Waals surface area contributed by atoms with Crippen LogP contribution in [-0.4, -0.2) is 6.04 Å². The Morgan fingerprint density at radius 2 is 1.35 bits per heavy atom. The summed E-state index contributed by atoms with van der Waals surface area (Å²) >= 11 is 0. The van der Waals surface area contributed by atoms with Crippen molar-refractivity contribution in [2.45, 2.75) is 46.6 Å². The second kappa shape index (κ2) is 8.05. The van der Waals surface area contributed by atoms with Gasteiger partial charge in [0.05, 0.1) is 0 Å². The van der Waals surface area contributed by atoms with Gasteiger partial charge in [-0.25, -0.2) is 0 Å². The lowest BCUT2D eigenvalue weighted by molar-refractivity contribution is 0.371. The van der Waals surface area contributed by atoms with Crippen molar-refractivity contribution in [2.75, 3.05) is 10.6 Å². The van der Waals surface area contributed by atoms with Crippen LogP contribution in [0.4, 0.5) is 17.1 Å². The van der Waals surface area contributed by atoms with Gasteiger partial charge < -0.3 is 10.6 Å². The molecule has 2 atom stereocenters. The molecule has 2 rings (SSSR count). The standard InChI is InChI=1S/C21H30N2/c1-16(2)17(3)10-11-18(4)23(20-8-6-5-7-9-20)21-14-12-19(22)13-15-21/h5-9,12-18H,10-11,22H2,1-4H3. The number of hydrogen-bond acceptors (Lipinski definition) is 2. The van der Waals surface area contributed by atoms with Gasteiger partial charge in [-0.05, 0) is 68.0 Å². The normalized spacial score (nSPS) is 13.8. The van der Waals surface area contributed by atoms with Crippen LogP contribution in [0.5, 0.6) is 0 Å². The smallest absolute Gasteiger partial charge is 0.0414 e. The third kappa shape index (κ3) is 4.75. The summed E-state index contributed by atoms with van der Waals surface area (Å²) in [5.74, 6) is 1.49. The molecule has 0 aromatic heterocycles. The van der Waals surface area contributed by atoms with Crippen LogP contribution in [0.2, 0.25) is 0 Å². The maximum absolute atomic E-state index is 5.85. The molecule has 0 heterocycles. The summed E-state index contributed by atoms with van der Waals surface area (Å²) in [5, 5.41) is 0. The van der Waals surface area contributed by atoms with Gasteiger partial charge >= 0.3 is 0 Å². The van der Waals surface area contributed by atoms with E-state index < -0.39 is 0 Å². The fourth-order valence-electron chi connectivity index (χ4n) is 2.85. The number of para-hydroxylation sites is 1. The van der Waals surface area contributed by atoms with Gasteiger partial charge in [0.1, 0.15) is 0 Å². The second-order valence-corrected chi connectivity index (χ2v) is 6.94. The molecule has 0 radical (unpaired) electrons. The number of nitrogens with two attached hydrogens (primary N) is 1. The van der Waals surface area contributed by atoms with E-state index in [4.69, 9.17) is 5.73 Å². The summed E-state index contributed by atoms with van der Waals surface area (Å²) in [6.45, 7) is 9.29. The van der Waals surface area contributed by atoms with E-state index in [0.717, 1.165) is 17.5 Å². The molecule has 2 unspecified atom stereocenters. The van der Waals surface area contributed by atoms with Crippen LogP contribution in [0.15, 0.2) is 54.6 Å². The molecule has 2 aromatic carbocycles. The number of rotatable bonds is 7. The third-order valence-corrected chi connectivity index (χ3v) is 4.82. The SMILES string of the molecule is CC(C)C(C)CCC(C)N(c1ccccc1)c1ccc(N)cc1. The molecule has 0 aliphatic heterocycles. The lowest BCUT2D eigenvalue weighted by Crippen LogP contribution is -2.29. The molecule has 0 fully saturated rings. The van der Waals surface area contributed by atoms with Crippen molar-refractivity contribution in [3.8, 4) is 0 Å². The predicted molar refractivity (Wildman–Crippen MR) is 102 cm³/mol. The topological polar surface area (TPSA) is 29.3 Å². The minimum absolute atomic E-state index is 0.447. The lowest BCUT2D eigenvalue weighted by Gasteiger charge is -2.32. The first kappa shape index (κ1) is 17.4. The van der Waals surface area contributed by atoms with E-state index in [9.17, 15) is 0 Å². The van der Waals surface area contributed by atoms with Crippen molar-refractivity contribution in [2.24, 2.45) is 11.8 Å². The molecule has 124 valence electrons. The van der Waals surface area contributed by atoms with Crippen LogP contribution in [0.1, 0.15) is 40.5 Å². The van der Waals surface area contributed by atoms with E-state index in [-0.39, 0.29) is 0 Å². The Kier molecular flexibility index (Phi) is 6.09. The van der Waals surface area contributed by atoms with Crippen molar-refractivity contribution in [1.82, 2.24) is 0 Å². The highest BCUT2D eigenvalue weighted by molar-refractivity contribution is 5.65. The van der Waals surface area contributed by atoms with E-state index in [0.29, 0.717) is 6.04 Å². The second-order valence-electron chi connectivity index (χ2n) is 6.94. The van der Waals surface area contributed by atoms with Crippen molar-refractivity contribution in [3.63, 3.8) is 0 Å². The summed E-state index contributed by atoms with van der Waals surface area (Å²) < 4.78 is 0. The summed E-state index contributed by atoms with van der Waals surface area (Å²) in [6.07, 6.45) is 2.43. The Bertz CT molecular complexity index is 575. The minimum Gasteiger partial charge on any atom is -0.399 e. The molecule has 0 aliphatic carbocycles. The Balaban J connectivity index is 2.21. The molecule has 2 heteroatoms. The molecular formula is C21H30N2. The van der Waals surface area contributed by atoms with E-state index in [1.54, 1.807) is 0 Å². The first-order valence-corrected chi connectivity index (χ1v) is 8.69. The molecular weight excluding hydrogens is 280 g/mol.